The minimum Gasteiger partial charge on any atom is -0.487 e. The summed E-state index contributed by atoms with van der Waals surface area (Å²) in [5, 5.41) is 12.9. The molecule has 0 aliphatic rings. The molecule has 1 aromatic carbocycles. The van der Waals surface area contributed by atoms with E-state index in [0.717, 1.165) is 5.69 Å². The van der Waals surface area contributed by atoms with Gasteiger partial charge in [0.1, 0.15) is 23.9 Å². The van der Waals surface area contributed by atoms with E-state index in [1.54, 1.807) is 46.4 Å². The fourth-order valence-electron chi connectivity index (χ4n) is 1.99. The third-order valence-electron chi connectivity index (χ3n) is 3.23. The quantitative estimate of drug-likeness (QED) is 0.549. The molecule has 0 saturated heterocycles. The maximum atomic E-state index is 12.6. The number of aromatic nitrogens is 2. The Morgan fingerprint density at radius 1 is 1.38 bits per heavy atom. The maximum Gasteiger partial charge on any atom is 0.206 e. The van der Waals surface area contributed by atoms with Crippen LogP contribution in [-0.4, -0.2) is 41.6 Å². The summed E-state index contributed by atoms with van der Waals surface area (Å²) in [5.41, 5.74) is 0.865. The standard InChI is InChI=1S/C18H22FN5O2/c1-14(19)12-20-15-4-6-16(7-5-15)26-13-17-18(25)8-10-24(22-17)11-9-21-23(2)3/h4-10,20H,1,11-13H2,2-3H3/b21-9-. The van der Waals surface area contributed by atoms with Gasteiger partial charge < -0.3 is 15.1 Å². The van der Waals surface area contributed by atoms with Crippen LogP contribution >= 0.6 is 0 Å². The van der Waals surface area contributed by atoms with Crippen LogP contribution in [0, 0.1) is 0 Å². The Balaban J connectivity index is 1.95. The van der Waals surface area contributed by atoms with Gasteiger partial charge in [0.25, 0.3) is 0 Å². The normalized spacial score (nSPS) is 10.7. The lowest BCUT2D eigenvalue weighted by Crippen LogP contribution is -2.19. The van der Waals surface area contributed by atoms with Gasteiger partial charge in [0, 0.05) is 38.3 Å². The van der Waals surface area contributed by atoms with Gasteiger partial charge in [-0.2, -0.15) is 10.2 Å². The molecule has 26 heavy (non-hydrogen) atoms. The van der Waals surface area contributed by atoms with Crippen LogP contribution in [0.4, 0.5) is 10.1 Å². The fraction of sp³-hybridized carbons (Fsp3) is 0.278. The Labute approximate surface area is 151 Å². The van der Waals surface area contributed by atoms with Crippen LogP contribution in [0.15, 0.2) is 58.8 Å². The summed E-state index contributed by atoms with van der Waals surface area (Å²) < 4.78 is 19.9. The maximum absolute atomic E-state index is 12.6. The van der Waals surface area contributed by atoms with Gasteiger partial charge in [0.2, 0.25) is 5.43 Å². The second kappa shape index (κ2) is 9.36. The molecule has 7 nitrogen and oxygen atoms in total. The molecule has 0 saturated carbocycles. The van der Waals surface area contributed by atoms with Gasteiger partial charge >= 0.3 is 0 Å². The number of nitrogens with one attached hydrogen (secondary N) is 1. The summed E-state index contributed by atoms with van der Waals surface area (Å²) in [6.07, 6.45) is 3.30. The average molecular weight is 359 g/mol. The molecule has 1 N–H and O–H groups in total. The first kappa shape index (κ1) is 19.2. The molecule has 1 heterocycles. The second-order valence-corrected chi connectivity index (χ2v) is 5.68. The number of halogens is 1. The summed E-state index contributed by atoms with van der Waals surface area (Å²) in [6.45, 7) is 3.75. The van der Waals surface area contributed by atoms with Crippen molar-refractivity contribution < 1.29 is 9.13 Å². The van der Waals surface area contributed by atoms with Crippen LogP contribution in [0.5, 0.6) is 5.75 Å². The lowest BCUT2D eigenvalue weighted by atomic mass is 10.3. The average Bonchev–Trinajstić information content (AvgIpc) is 2.60. The van der Waals surface area contributed by atoms with E-state index in [4.69, 9.17) is 4.74 Å². The molecule has 0 radical (unpaired) electrons. The van der Waals surface area contributed by atoms with Gasteiger partial charge in [-0.3, -0.25) is 9.48 Å². The molecule has 0 aliphatic carbocycles. The van der Waals surface area contributed by atoms with Gasteiger partial charge in [0.05, 0.1) is 13.1 Å². The van der Waals surface area contributed by atoms with Gasteiger partial charge in [-0.05, 0) is 24.3 Å². The number of rotatable bonds is 9. The summed E-state index contributed by atoms with van der Waals surface area (Å²) in [7, 11) is 3.65. The van der Waals surface area contributed by atoms with E-state index in [0.29, 0.717) is 18.0 Å². The molecule has 1 aromatic heterocycles. The zero-order chi connectivity index (χ0) is 18.9. The van der Waals surface area contributed by atoms with Crippen LogP contribution in [-0.2, 0) is 13.2 Å². The molecule has 0 bridgehead atoms. The summed E-state index contributed by atoms with van der Waals surface area (Å²) in [5.74, 6) is 0.146. The Morgan fingerprint density at radius 3 is 2.77 bits per heavy atom. The smallest absolute Gasteiger partial charge is 0.206 e. The van der Waals surface area contributed by atoms with Crippen molar-refractivity contribution in [2.45, 2.75) is 13.2 Å². The van der Waals surface area contributed by atoms with Gasteiger partial charge in [-0.1, -0.05) is 6.58 Å². The minimum atomic E-state index is -0.438. The van der Waals surface area contributed by atoms with Crippen molar-refractivity contribution in [3.63, 3.8) is 0 Å². The monoisotopic (exact) mass is 359 g/mol. The van der Waals surface area contributed by atoms with Crippen LogP contribution in [0.3, 0.4) is 0 Å². The zero-order valence-electron chi connectivity index (χ0n) is 14.9. The number of ether oxygens (including phenoxy) is 1. The van der Waals surface area contributed by atoms with Crippen molar-refractivity contribution in [3.8, 4) is 5.75 Å². The number of nitrogens with zero attached hydrogens (tertiary/aromatic N) is 4. The predicted molar refractivity (Wildman–Crippen MR) is 100 cm³/mol. The SMILES string of the molecule is C=C(F)CNc1ccc(OCc2nn(C/C=N\N(C)C)ccc2=O)cc1. The van der Waals surface area contributed by atoms with E-state index >= 15 is 0 Å². The first-order valence-electron chi connectivity index (χ1n) is 8.00. The molecule has 0 unspecified atom stereocenters. The van der Waals surface area contributed by atoms with E-state index in [2.05, 4.69) is 22.1 Å². The van der Waals surface area contributed by atoms with Crippen molar-refractivity contribution in [1.82, 2.24) is 14.8 Å². The van der Waals surface area contributed by atoms with E-state index in [9.17, 15) is 9.18 Å². The highest BCUT2D eigenvalue weighted by Crippen LogP contribution is 2.16. The van der Waals surface area contributed by atoms with E-state index < -0.39 is 5.83 Å². The third-order valence-corrected chi connectivity index (χ3v) is 3.23. The van der Waals surface area contributed by atoms with Gasteiger partial charge in [0.15, 0.2) is 0 Å². The highest BCUT2D eigenvalue weighted by atomic mass is 19.1. The predicted octanol–water partition coefficient (Wildman–Crippen LogP) is 2.26. The molecule has 0 aliphatic heterocycles. The molecule has 8 heteroatoms. The summed E-state index contributed by atoms with van der Waals surface area (Å²) in [6, 6.07) is 8.43. The lowest BCUT2D eigenvalue weighted by molar-refractivity contribution is 0.296. The van der Waals surface area contributed by atoms with Crippen molar-refractivity contribution in [3.05, 3.63) is 64.9 Å². The second-order valence-electron chi connectivity index (χ2n) is 5.68. The third kappa shape index (κ3) is 6.39. The fourth-order valence-corrected chi connectivity index (χ4v) is 1.99. The van der Waals surface area contributed by atoms with Gasteiger partial charge in [-0.25, -0.2) is 4.39 Å². The number of hydrogen-bond donors (Lipinski definition) is 1. The Hall–Kier alpha value is -3.16. The van der Waals surface area contributed by atoms with Gasteiger partial charge in [-0.15, -0.1) is 0 Å². The van der Waals surface area contributed by atoms with Crippen molar-refractivity contribution in [2.24, 2.45) is 5.10 Å². The van der Waals surface area contributed by atoms with Crippen molar-refractivity contribution >= 4 is 11.9 Å². The molecular formula is C18H22FN5O2. The van der Waals surface area contributed by atoms with E-state index in [1.807, 2.05) is 14.1 Å². The number of anilines is 1. The number of benzene rings is 1. The molecule has 0 spiro atoms. The van der Waals surface area contributed by atoms with Crippen LogP contribution in [0.25, 0.3) is 0 Å². The molecule has 0 atom stereocenters. The number of hydrazone groups is 1. The Kier molecular flexibility index (Phi) is 6.90. The minimum absolute atomic E-state index is 0.0541. The first-order chi connectivity index (χ1) is 12.4. The Morgan fingerprint density at radius 2 is 2.12 bits per heavy atom. The molecule has 138 valence electrons. The largest absolute Gasteiger partial charge is 0.487 e. The summed E-state index contributed by atoms with van der Waals surface area (Å²) >= 11 is 0. The van der Waals surface area contributed by atoms with Crippen molar-refractivity contribution in [1.29, 1.82) is 0 Å². The van der Waals surface area contributed by atoms with Crippen LogP contribution in [0.2, 0.25) is 0 Å². The van der Waals surface area contributed by atoms with E-state index in [1.165, 1.54) is 6.07 Å². The highest BCUT2D eigenvalue weighted by molar-refractivity contribution is 5.56. The molecular weight excluding hydrogens is 337 g/mol. The Bertz CT molecular complexity index is 815. The van der Waals surface area contributed by atoms with E-state index in [-0.39, 0.29) is 18.6 Å². The topological polar surface area (TPSA) is 71.8 Å². The molecule has 2 rings (SSSR count). The first-order valence-corrected chi connectivity index (χ1v) is 8.00. The summed E-state index contributed by atoms with van der Waals surface area (Å²) in [4.78, 5) is 11.9. The van der Waals surface area contributed by atoms with Crippen LogP contribution in [0.1, 0.15) is 5.69 Å². The molecule has 0 fully saturated rings. The highest BCUT2D eigenvalue weighted by Gasteiger charge is 2.04. The van der Waals surface area contributed by atoms with Crippen LogP contribution < -0.4 is 15.5 Å². The molecule has 0 amide bonds. The zero-order valence-corrected chi connectivity index (χ0v) is 14.9. The number of hydrogen-bond acceptors (Lipinski definition) is 6. The van der Waals surface area contributed by atoms with Crippen molar-refractivity contribution in [2.75, 3.05) is 26.0 Å². The molecule has 2 aromatic rings. The lowest BCUT2D eigenvalue weighted by Gasteiger charge is -2.09.